The van der Waals surface area contributed by atoms with E-state index in [1.165, 1.54) is 4.90 Å². The van der Waals surface area contributed by atoms with Gasteiger partial charge in [-0.3, -0.25) is 0 Å². The van der Waals surface area contributed by atoms with Gasteiger partial charge in [0.05, 0.1) is 4.47 Å². The van der Waals surface area contributed by atoms with Crippen molar-refractivity contribution in [3.63, 3.8) is 0 Å². The molecule has 1 rings (SSSR count). The van der Waals surface area contributed by atoms with Crippen LogP contribution >= 0.6 is 15.9 Å². The Kier molecular flexibility index (Phi) is 3.35. The summed E-state index contributed by atoms with van der Waals surface area (Å²) in [4.78, 5) is 12.6. The molecule has 0 fully saturated rings. The predicted octanol–water partition coefficient (Wildman–Crippen LogP) is 2.09. The van der Waals surface area contributed by atoms with Gasteiger partial charge in [-0.15, -0.1) is 0 Å². The SMILES string of the molecule is CN(C)C(=O)Oc1cc(N)ccc1Br. The summed E-state index contributed by atoms with van der Waals surface area (Å²) >= 11 is 3.26. The number of carbonyl (C=O) groups excluding carboxylic acids is 1. The average Bonchev–Trinajstić information content (AvgIpc) is 2.11. The van der Waals surface area contributed by atoms with Crippen LogP contribution in [0.15, 0.2) is 22.7 Å². The first-order valence-electron chi connectivity index (χ1n) is 3.95. The van der Waals surface area contributed by atoms with Crippen LogP contribution in [0, 0.1) is 0 Å². The Morgan fingerprint density at radius 3 is 2.71 bits per heavy atom. The average molecular weight is 259 g/mol. The molecular formula is C9H11BrN2O2. The molecule has 76 valence electrons. The van der Waals surface area contributed by atoms with Crippen molar-refractivity contribution in [2.24, 2.45) is 0 Å². The van der Waals surface area contributed by atoms with E-state index < -0.39 is 6.09 Å². The number of hydrogen-bond acceptors (Lipinski definition) is 3. The van der Waals surface area contributed by atoms with Crippen molar-refractivity contribution in [1.82, 2.24) is 4.90 Å². The Morgan fingerprint density at radius 1 is 1.50 bits per heavy atom. The third-order valence-corrected chi connectivity index (χ3v) is 2.17. The lowest BCUT2D eigenvalue weighted by atomic mass is 10.3. The quantitative estimate of drug-likeness (QED) is 0.785. The van der Waals surface area contributed by atoms with Crippen LogP contribution in [0.3, 0.4) is 0 Å². The number of rotatable bonds is 1. The molecule has 0 bridgehead atoms. The van der Waals surface area contributed by atoms with Crippen molar-refractivity contribution < 1.29 is 9.53 Å². The van der Waals surface area contributed by atoms with Gasteiger partial charge in [0.15, 0.2) is 0 Å². The molecule has 0 aromatic heterocycles. The van der Waals surface area contributed by atoms with Gasteiger partial charge in [-0.2, -0.15) is 0 Å². The van der Waals surface area contributed by atoms with Crippen molar-refractivity contribution >= 4 is 27.7 Å². The van der Waals surface area contributed by atoms with Crippen molar-refractivity contribution in [2.75, 3.05) is 19.8 Å². The van der Waals surface area contributed by atoms with Gasteiger partial charge in [0.1, 0.15) is 5.75 Å². The summed E-state index contributed by atoms with van der Waals surface area (Å²) < 4.78 is 5.74. The molecule has 0 aliphatic heterocycles. The molecule has 0 saturated heterocycles. The van der Waals surface area contributed by atoms with Gasteiger partial charge in [-0.1, -0.05) is 0 Å². The molecule has 0 heterocycles. The first kappa shape index (κ1) is 10.8. The van der Waals surface area contributed by atoms with Crippen molar-refractivity contribution in [1.29, 1.82) is 0 Å². The summed E-state index contributed by atoms with van der Waals surface area (Å²) in [6, 6.07) is 5.04. The third kappa shape index (κ3) is 2.63. The lowest BCUT2D eigenvalue weighted by Gasteiger charge is -2.11. The van der Waals surface area contributed by atoms with E-state index in [1.54, 1.807) is 32.3 Å². The topological polar surface area (TPSA) is 55.6 Å². The molecule has 0 saturated carbocycles. The number of halogens is 1. The van der Waals surface area contributed by atoms with Gasteiger partial charge in [-0.25, -0.2) is 4.79 Å². The van der Waals surface area contributed by atoms with Gasteiger partial charge < -0.3 is 15.4 Å². The maximum absolute atomic E-state index is 11.2. The van der Waals surface area contributed by atoms with E-state index in [-0.39, 0.29) is 0 Å². The highest BCUT2D eigenvalue weighted by atomic mass is 79.9. The van der Waals surface area contributed by atoms with Crippen LogP contribution in [0.25, 0.3) is 0 Å². The Balaban J connectivity index is 2.86. The molecule has 5 heteroatoms. The second-order valence-electron chi connectivity index (χ2n) is 2.95. The zero-order chi connectivity index (χ0) is 10.7. The number of benzene rings is 1. The van der Waals surface area contributed by atoms with E-state index in [4.69, 9.17) is 10.5 Å². The molecule has 0 aliphatic carbocycles. The molecule has 14 heavy (non-hydrogen) atoms. The Labute approximate surface area is 90.8 Å². The molecule has 1 aromatic carbocycles. The fourth-order valence-electron chi connectivity index (χ4n) is 0.784. The number of anilines is 1. The molecular weight excluding hydrogens is 248 g/mol. The number of nitrogens with two attached hydrogens (primary N) is 1. The van der Waals surface area contributed by atoms with Crippen LogP contribution < -0.4 is 10.5 Å². The zero-order valence-corrected chi connectivity index (χ0v) is 9.54. The van der Waals surface area contributed by atoms with Gasteiger partial charge in [0, 0.05) is 25.8 Å². The Bertz CT molecular complexity index is 353. The summed E-state index contributed by atoms with van der Waals surface area (Å²) in [7, 11) is 3.23. The zero-order valence-electron chi connectivity index (χ0n) is 7.95. The number of carbonyl (C=O) groups is 1. The van der Waals surface area contributed by atoms with E-state index in [2.05, 4.69) is 15.9 Å². The van der Waals surface area contributed by atoms with Crippen molar-refractivity contribution in [3.05, 3.63) is 22.7 Å². The maximum atomic E-state index is 11.2. The molecule has 2 N–H and O–H groups in total. The molecule has 1 amide bonds. The first-order valence-corrected chi connectivity index (χ1v) is 4.74. The number of nitrogen functional groups attached to an aromatic ring is 1. The predicted molar refractivity (Wildman–Crippen MR) is 58.3 cm³/mol. The van der Waals surface area contributed by atoms with E-state index in [1.807, 2.05) is 0 Å². The summed E-state index contributed by atoms with van der Waals surface area (Å²) in [5, 5.41) is 0. The van der Waals surface area contributed by atoms with Crippen LogP contribution in [0.5, 0.6) is 5.75 Å². The Morgan fingerprint density at radius 2 is 2.14 bits per heavy atom. The highest BCUT2D eigenvalue weighted by Gasteiger charge is 2.09. The second kappa shape index (κ2) is 4.32. The molecule has 1 aromatic rings. The van der Waals surface area contributed by atoms with Crippen molar-refractivity contribution in [2.45, 2.75) is 0 Å². The standard InChI is InChI=1S/C9H11BrN2O2/c1-12(2)9(13)14-8-5-6(11)3-4-7(8)10/h3-5H,11H2,1-2H3. The number of nitrogens with zero attached hydrogens (tertiary/aromatic N) is 1. The Hall–Kier alpha value is -1.23. The lowest BCUT2D eigenvalue weighted by Crippen LogP contribution is -2.25. The minimum Gasteiger partial charge on any atom is -0.409 e. The van der Waals surface area contributed by atoms with Gasteiger partial charge in [0.25, 0.3) is 0 Å². The smallest absolute Gasteiger partial charge is 0.409 e. The maximum Gasteiger partial charge on any atom is 0.414 e. The lowest BCUT2D eigenvalue weighted by molar-refractivity contribution is 0.171. The molecule has 0 spiro atoms. The molecule has 0 atom stereocenters. The highest BCUT2D eigenvalue weighted by molar-refractivity contribution is 9.10. The minimum absolute atomic E-state index is 0.420. The summed E-state index contributed by atoms with van der Waals surface area (Å²) in [6.45, 7) is 0. The molecule has 0 aliphatic rings. The molecule has 4 nitrogen and oxygen atoms in total. The van der Waals surface area contributed by atoms with E-state index in [0.29, 0.717) is 15.9 Å². The van der Waals surface area contributed by atoms with E-state index >= 15 is 0 Å². The fraction of sp³-hybridized carbons (Fsp3) is 0.222. The van der Waals surface area contributed by atoms with Crippen LogP contribution in [0.1, 0.15) is 0 Å². The van der Waals surface area contributed by atoms with E-state index in [9.17, 15) is 4.79 Å². The number of ether oxygens (including phenoxy) is 1. The number of hydrogen-bond donors (Lipinski definition) is 1. The van der Waals surface area contributed by atoms with Crippen LogP contribution in [0.4, 0.5) is 10.5 Å². The second-order valence-corrected chi connectivity index (χ2v) is 3.81. The molecule has 0 unspecified atom stereocenters. The summed E-state index contributed by atoms with van der Waals surface area (Å²) in [5.41, 5.74) is 6.10. The van der Waals surface area contributed by atoms with Crippen LogP contribution in [0.2, 0.25) is 0 Å². The first-order chi connectivity index (χ1) is 6.50. The third-order valence-electron chi connectivity index (χ3n) is 1.52. The molecule has 0 radical (unpaired) electrons. The van der Waals surface area contributed by atoms with Crippen molar-refractivity contribution in [3.8, 4) is 5.75 Å². The van der Waals surface area contributed by atoms with E-state index in [0.717, 1.165) is 0 Å². The highest BCUT2D eigenvalue weighted by Crippen LogP contribution is 2.27. The van der Waals surface area contributed by atoms with Crippen LogP contribution in [-0.2, 0) is 0 Å². The monoisotopic (exact) mass is 258 g/mol. The van der Waals surface area contributed by atoms with Gasteiger partial charge in [-0.05, 0) is 28.1 Å². The van der Waals surface area contributed by atoms with Gasteiger partial charge >= 0.3 is 6.09 Å². The summed E-state index contributed by atoms with van der Waals surface area (Å²) in [5.74, 6) is 0.420. The normalized spacial score (nSPS) is 9.64. The minimum atomic E-state index is -0.434. The summed E-state index contributed by atoms with van der Waals surface area (Å²) in [6.07, 6.45) is -0.434. The van der Waals surface area contributed by atoms with Gasteiger partial charge in [0.2, 0.25) is 0 Å². The van der Waals surface area contributed by atoms with Crippen LogP contribution in [-0.4, -0.2) is 25.1 Å². The fourth-order valence-corrected chi connectivity index (χ4v) is 1.11. The largest absolute Gasteiger partial charge is 0.414 e. The number of amides is 1.